The molecular weight excluding hydrogens is 205 g/mol. The number of hydrogen-bond acceptors (Lipinski definition) is 2. The maximum absolute atomic E-state index is 0. The van der Waals surface area contributed by atoms with Gasteiger partial charge in [0, 0.05) is 33.6 Å². The van der Waals surface area contributed by atoms with E-state index in [1.165, 1.54) is 0 Å². The standard InChI is InChI=1S/Co.Mn.Ni.2H2O/h;;;2*1H2/q+2;;;;/p-2. The van der Waals surface area contributed by atoms with Crippen molar-refractivity contribution in [1.82, 2.24) is 0 Å². The SMILES string of the molecule is [Co+2].[Mn].[Ni].[OH-].[OH-]. The summed E-state index contributed by atoms with van der Waals surface area (Å²) in [4.78, 5) is 0. The summed E-state index contributed by atoms with van der Waals surface area (Å²) >= 11 is 0. The van der Waals surface area contributed by atoms with Crippen molar-refractivity contribution in [3.05, 3.63) is 0 Å². The third-order valence-corrected chi connectivity index (χ3v) is 0. The second-order valence-electron chi connectivity index (χ2n) is 0. The summed E-state index contributed by atoms with van der Waals surface area (Å²) < 4.78 is 0. The molecule has 0 aromatic rings. The zero-order valence-corrected chi connectivity index (χ0v) is 5.13. The summed E-state index contributed by atoms with van der Waals surface area (Å²) in [6, 6.07) is 0. The minimum absolute atomic E-state index is 0. The molecule has 0 fully saturated rings. The van der Waals surface area contributed by atoms with Gasteiger partial charge in [-0.05, 0) is 0 Å². The van der Waals surface area contributed by atoms with Crippen LogP contribution in [0.25, 0.3) is 0 Å². The molecule has 0 aromatic heterocycles. The van der Waals surface area contributed by atoms with Crippen LogP contribution < -0.4 is 0 Å². The molecule has 0 unspecified atom stereocenters. The monoisotopic (exact) mass is 206 g/mol. The summed E-state index contributed by atoms with van der Waals surface area (Å²) in [6.07, 6.45) is 0. The van der Waals surface area contributed by atoms with Crippen molar-refractivity contribution in [1.29, 1.82) is 0 Å². The first kappa shape index (κ1) is 92.0. The fourth-order valence-electron chi connectivity index (χ4n) is 0. The molecule has 5 heteroatoms. The van der Waals surface area contributed by atoms with Crippen LogP contribution in [0.15, 0.2) is 0 Å². The molecule has 0 aliphatic carbocycles. The molecule has 0 aliphatic heterocycles. The Balaban J connectivity index is 0. The van der Waals surface area contributed by atoms with Gasteiger partial charge in [0.15, 0.2) is 0 Å². The zero-order chi connectivity index (χ0) is 0. The maximum atomic E-state index is 0. The average molecular weight is 207 g/mol. The molecule has 0 atom stereocenters. The van der Waals surface area contributed by atoms with Crippen LogP contribution in [0.2, 0.25) is 0 Å². The largest absolute Gasteiger partial charge is 2.00 e. The number of hydrogen-bond donors (Lipinski definition) is 0. The summed E-state index contributed by atoms with van der Waals surface area (Å²) in [5, 5.41) is 0. The van der Waals surface area contributed by atoms with Crippen molar-refractivity contribution in [2.75, 3.05) is 0 Å². The number of rotatable bonds is 0. The second-order valence-corrected chi connectivity index (χ2v) is 0. The molecule has 0 heterocycles. The Kier molecular flexibility index (Phi) is 951. The second kappa shape index (κ2) is 51.7. The Morgan fingerprint density at radius 1 is 0.800 bits per heavy atom. The van der Waals surface area contributed by atoms with Crippen LogP contribution in [-0.2, 0) is 50.3 Å². The molecule has 0 bridgehead atoms. The smallest absolute Gasteiger partial charge is 0.870 e. The first-order valence-corrected chi connectivity index (χ1v) is 0. The molecule has 2 radical (unpaired) electrons. The van der Waals surface area contributed by atoms with Crippen LogP contribution in [0.3, 0.4) is 0 Å². The predicted molar refractivity (Wildman–Crippen MR) is 3.87 cm³/mol. The molecule has 0 aromatic carbocycles. The summed E-state index contributed by atoms with van der Waals surface area (Å²) in [6.45, 7) is 0. The predicted octanol–water partition coefficient (Wildman–Crippen LogP) is -0.361. The van der Waals surface area contributed by atoms with E-state index in [9.17, 15) is 0 Å². The van der Waals surface area contributed by atoms with Crippen LogP contribution in [0, 0.1) is 0 Å². The molecule has 5 heavy (non-hydrogen) atoms. The van der Waals surface area contributed by atoms with E-state index in [0.29, 0.717) is 0 Å². The maximum Gasteiger partial charge on any atom is 2.00 e. The Hall–Kier alpha value is 1.44. The van der Waals surface area contributed by atoms with Crippen LogP contribution in [0.4, 0.5) is 0 Å². The van der Waals surface area contributed by atoms with Gasteiger partial charge in [-0.3, -0.25) is 0 Å². The fourth-order valence-corrected chi connectivity index (χ4v) is 0. The van der Waals surface area contributed by atoms with Gasteiger partial charge in [0.1, 0.15) is 0 Å². The summed E-state index contributed by atoms with van der Waals surface area (Å²) in [5.74, 6) is 0. The average Bonchev–Trinajstić information content (AvgIpc) is 0. The first-order chi connectivity index (χ1) is 0. The molecule has 0 aliphatic rings. The van der Waals surface area contributed by atoms with Crippen molar-refractivity contribution >= 4 is 0 Å². The van der Waals surface area contributed by atoms with E-state index in [4.69, 9.17) is 0 Å². The molecule has 0 saturated carbocycles. The van der Waals surface area contributed by atoms with Crippen molar-refractivity contribution < 1.29 is 61.3 Å². The minimum atomic E-state index is 0. The third kappa shape index (κ3) is 31.1. The van der Waals surface area contributed by atoms with Crippen molar-refractivity contribution in [2.24, 2.45) is 0 Å². The van der Waals surface area contributed by atoms with Gasteiger partial charge in [0.25, 0.3) is 0 Å². The van der Waals surface area contributed by atoms with Crippen molar-refractivity contribution in [2.45, 2.75) is 0 Å². The van der Waals surface area contributed by atoms with Gasteiger partial charge in [-0.15, -0.1) is 0 Å². The van der Waals surface area contributed by atoms with Gasteiger partial charge in [0.2, 0.25) is 0 Å². The van der Waals surface area contributed by atoms with Gasteiger partial charge in [-0.2, -0.15) is 0 Å². The van der Waals surface area contributed by atoms with Gasteiger partial charge in [0.05, 0.1) is 0 Å². The van der Waals surface area contributed by atoms with E-state index in [2.05, 4.69) is 0 Å². The molecule has 40 valence electrons. The molecular formula is H2CoMnNiO2. The summed E-state index contributed by atoms with van der Waals surface area (Å²) in [5.41, 5.74) is 0. The molecule has 0 saturated heterocycles. The zero-order valence-electron chi connectivity index (χ0n) is 1.92. The van der Waals surface area contributed by atoms with E-state index >= 15 is 0 Å². The Morgan fingerprint density at radius 3 is 0.800 bits per heavy atom. The Labute approximate surface area is 61.3 Å². The van der Waals surface area contributed by atoms with Crippen LogP contribution in [0.1, 0.15) is 0 Å². The molecule has 0 amide bonds. The minimum Gasteiger partial charge on any atom is -0.870 e. The Morgan fingerprint density at radius 2 is 0.800 bits per heavy atom. The van der Waals surface area contributed by atoms with Crippen LogP contribution >= 0.6 is 0 Å². The van der Waals surface area contributed by atoms with Gasteiger partial charge >= 0.3 is 16.8 Å². The Bertz CT molecular complexity index is 9.61. The molecule has 2 N–H and O–H groups in total. The third-order valence-electron chi connectivity index (χ3n) is 0. The molecule has 0 spiro atoms. The van der Waals surface area contributed by atoms with E-state index in [1.54, 1.807) is 0 Å². The van der Waals surface area contributed by atoms with Gasteiger partial charge < -0.3 is 11.0 Å². The fraction of sp³-hybridized carbons (Fsp3) is 0. The van der Waals surface area contributed by atoms with Gasteiger partial charge in [-0.25, -0.2) is 0 Å². The first-order valence-electron chi connectivity index (χ1n) is 0. The van der Waals surface area contributed by atoms with E-state index in [1.807, 2.05) is 0 Å². The quantitative estimate of drug-likeness (QED) is 0.508. The van der Waals surface area contributed by atoms with E-state index in [-0.39, 0.29) is 61.3 Å². The van der Waals surface area contributed by atoms with Crippen LogP contribution in [-0.4, -0.2) is 11.0 Å². The van der Waals surface area contributed by atoms with E-state index in [0.717, 1.165) is 0 Å². The summed E-state index contributed by atoms with van der Waals surface area (Å²) in [7, 11) is 0. The molecule has 2 nitrogen and oxygen atoms in total. The topological polar surface area (TPSA) is 60.0 Å². The van der Waals surface area contributed by atoms with Crippen LogP contribution in [0.5, 0.6) is 0 Å². The van der Waals surface area contributed by atoms with Crippen molar-refractivity contribution in [3.8, 4) is 0 Å². The normalized spacial score (nSPS) is 0. The van der Waals surface area contributed by atoms with Gasteiger partial charge in [-0.1, -0.05) is 0 Å². The van der Waals surface area contributed by atoms with Crippen molar-refractivity contribution in [3.63, 3.8) is 0 Å². The van der Waals surface area contributed by atoms with E-state index < -0.39 is 0 Å². The molecule has 0 rings (SSSR count).